The van der Waals surface area contributed by atoms with Gasteiger partial charge < -0.3 is 4.74 Å². The highest BCUT2D eigenvalue weighted by atomic mass is 32.1. The maximum Gasteiger partial charge on any atom is 0.573 e. The first-order chi connectivity index (χ1) is 7.94. The number of benzene rings is 1. The molecule has 1 rings (SSSR count). The smallest absolute Gasteiger partial charge is 0.406 e. The number of aldehydes is 1. The molecule has 92 valence electrons. The third-order valence-corrected chi connectivity index (χ3v) is 1.95. The second-order valence-electron chi connectivity index (χ2n) is 3.09. The lowest BCUT2D eigenvalue weighted by molar-refractivity contribution is -0.274. The summed E-state index contributed by atoms with van der Waals surface area (Å²) >= 11 is 3.93. The minimum Gasteiger partial charge on any atom is -0.406 e. The van der Waals surface area contributed by atoms with Gasteiger partial charge in [0.1, 0.15) is 12.0 Å². The zero-order chi connectivity index (χ0) is 12.9. The topological polar surface area (TPSA) is 26.3 Å². The highest BCUT2D eigenvalue weighted by molar-refractivity contribution is 7.80. The van der Waals surface area contributed by atoms with Gasteiger partial charge in [0.25, 0.3) is 0 Å². The predicted molar refractivity (Wildman–Crippen MR) is 61.4 cm³/mol. The molecule has 0 N–H and O–H groups in total. The Morgan fingerprint density at radius 3 is 2.41 bits per heavy atom. The summed E-state index contributed by atoms with van der Waals surface area (Å²) in [6.07, 6.45) is -1.11. The Hall–Kier alpha value is -1.43. The number of carbonyl (C=O) groups is 1. The molecular weight excluding hydrogens is 253 g/mol. The molecule has 6 heteroatoms. The first-order valence-electron chi connectivity index (χ1n) is 4.58. The average Bonchev–Trinajstić information content (AvgIpc) is 2.23. The molecular formula is C11H9F3O2S. The van der Waals surface area contributed by atoms with Gasteiger partial charge in [0.15, 0.2) is 0 Å². The average molecular weight is 262 g/mol. The van der Waals surface area contributed by atoms with Crippen LogP contribution in [0.1, 0.15) is 15.9 Å². The third-order valence-electron chi connectivity index (χ3n) is 1.74. The van der Waals surface area contributed by atoms with Crippen molar-refractivity contribution in [2.75, 3.05) is 5.75 Å². The highest BCUT2D eigenvalue weighted by Crippen LogP contribution is 2.25. The largest absolute Gasteiger partial charge is 0.573 e. The van der Waals surface area contributed by atoms with E-state index in [0.29, 0.717) is 17.6 Å². The minimum absolute atomic E-state index is 0.116. The van der Waals surface area contributed by atoms with Gasteiger partial charge >= 0.3 is 6.36 Å². The van der Waals surface area contributed by atoms with Crippen molar-refractivity contribution in [1.29, 1.82) is 0 Å². The summed E-state index contributed by atoms with van der Waals surface area (Å²) in [5, 5.41) is 0. The fourth-order valence-electron chi connectivity index (χ4n) is 1.19. The number of ether oxygens (including phenoxy) is 1. The van der Waals surface area contributed by atoms with Crippen LogP contribution in [0.5, 0.6) is 5.75 Å². The van der Waals surface area contributed by atoms with Crippen molar-refractivity contribution in [2.45, 2.75) is 6.36 Å². The molecule has 0 spiro atoms. The van der Waals surface area contributed by atoms with Crippen LogP contribution in [0.2, 0.25) is 0 Å². The number of thiol groups is 1. The standard InChI is InChI=1S/C11H9F3O2S/c12-11(13,14)16-10-5-8(2-1-3-17)4-9(6-10)7-15/h1-2,4-7,17H,3H2. The molecule has 0 saturated heterocycles. The van der Waals surface area contributed by atoms with Gasteiger partial charge in [0, 0.05) is 11.3 Å². The number of carbonyl (C=O) groups excluding carboxylic acids is 1. The van der Waals surface area contributed by atoms with Crippen LogP contribution in [0.3, 0.4) is 0 Å². The van der Waals surface area contributed by atoms with E-state index in [1.807, 2.05) is 0 Å². The zero-order valence-electron chi connectivity index (χ0n) is 8.57. The Morgan fingerprint density at radius 1 is 1.24 bits per heavy atom. The van der Waals surface area contributed by atoms with E-state index in [2.05, 4.69) is 17.4 Å². The van der Waals surface area contributed by atoms with E-state index in [9.17, 15) is 18.0 Å². The monoisotopic (exact) mass is 262 g/mol. The second-order valence-corrected chi connectivity index (χ2v) is 3.45. The summed E-state index contributed by atoms with van der Waals surface area (Å²) in [6.45, 7) is 0. The third kappa shape index (κ3) is 4.95. The van der Waals surface area contributed by atoms with Gasteiger partial charge in [-0.2, -0.15) is 12.6 Å². The minimum atomic E-state index is -4.77. The van der Waals surface area contributed by atoms with Crippen LogP contribution in [-0.4, -0.2) is 18.4 Å². The Bertz CT molecular complexity index is 427. The summed E-state index contributed by atoms with van der Waals surface area (Å²) in [5.41, 5.74) is 0.563. The number of hydrogen-bond acceptors (Lipinski definition) is 3. The second kappa shape index (κ2) is 5.77. The first-order valence-corrected chi connectivity index (χ1v) is 5.21. The maximum absolute atomic E-state index is 12.0. The van der Waals surface area contributed by atoms with Crippen LogP contribution in [0.25, 0.3) is 6.08 Å². The van der Waals surface area contributed by atoms with E-state index in [4.69, 9.17) is 0 Å². The van der Waals surface area contributed by atoms with E-state index in [1.54, 1.807) is 12.2 Å². The Labute approximate surface area is 101 Å². The lowest BCUT2D eigenvalue weighted by Crippen LogP contribution is -2.17. The summed E-state index contributed by atoms with van der Waals surface area (Å²) in [6, 6.07) is 3.68. The van der Waals surface area contributed by atoms with Gasteiger partial charge in [0.2, 0.25) is 0 Å². The molecule has 0 amide bonds. The molecule has 2 nitrogen and oxygen atoms in total. The number of rotatable bonds is 4. The van der Waals surface area contributed by atoms with Crippen LogP contribution < -0.4 is 4.74 Å². The maximum atomic E-state index is 12.0. The van der Waals surface area contributed by atoms with Crippen molar-refractivity contribution < 1.29 is 22.7 Å². The fraction of sp³-hybridized carbons (Fsp3) is 0.182. The van der Waals surface area contributed by atoms with Gasteiger partial charge in [-0.05, 0) is 23.8 Å². The highest BCUT2D eigenvalue weighted by Gasteiger charge is 2.31. The summed E-state index contributed by atoms with van der Waals surface area (Å²) in [5.74, 6) is 0.0294. The molecule has 0 heterocycles. The van der Waals surface area contributed by atoms with E-state index < -0.39 is 12.1 Å². The van der Waals surface area contributed by atoms with Gasteiger partial charge in [0.05, 0.1) is 0 Å². The van der Waals surface area contributed by atoms with E-state index >= 15 is 0 Å². The Morgan fingerprint density at radius 2 is 1.88 bits per heavy atom. The molecule has 0 aromatic heterocycles. The van der Waals surface area contributed by atoms with Crippen molar-refractivity contribution in [3.8, 4) is 5.75 Å². The Balaban J connectivity index is 3.05. The predicted octanol–water partition coefficient (Wildman–Crippen LogP) is 3.34. The Kier molecular flexibility index (Phi) is 4.62. The molecule has 1 aromatic rings. The van der Waals surface area contributed by atoms with E-state index in [1.165, 1.54) is 12.1 Å². The normalized spacial score (nSPS) is 11.8. The van der Waals surface area contributed by atoms with E-state index in [0.717, 1.165) is 6.07 Å². The lowest BCUT2D eigenvalue weighted by atomic mass is 10.1. The van der Waals surface area contributed by atoms with Crippen molar-refractivity contribution in [3.63, 3.8) is 0 Å². The van der Waals surface area contributed by atoms with Crippen molar-refractivity contribution in [3.05, 3.63) is 35.4 Å². The quantitative estimate of drug-likeness (QED) is 0.665. The molecule has 0 fully saturated rings. The molecule has 17 heavy (non-hydrogen) atoms. The summed E-state index contributed by atoms with van der Waals surface area (Å²) in [4.78, 5) is 10.6. The van der Waals surface area contributed by atoms with Crippen molar-refractivity contribution in [1.82, 2.24) is 0 Å². The van der Waals surface area contributed by atoms with Crippen molar-refractivity contribution in [2.24, 2.45) is 0 Å². The molecule has 0 atom stereocenters. The molecule has 0 radical (unpaired) electrons. The van der Waals surface area contributed by atoms with Gasteiger partial charge in [-0.15, -0.1) is 13.2 Å². The summed E-state index contributed by atoms with van der Waals surface area (Å²) < 4.78 is 39.8. The van der Waals surface area contributed by atoms with Crippen LogP contribution in [0, 0.1) is 0 Å². The molecule has 0 saturated carbocycles. The molecule has 0 aliphatic rings. The van der Waals surface area contributed by atoms with Gasteiger partial charge in [-0.3, -0.25) is 4.79 Å². The van der Waals surface area contributed by atoms with Crippen LogP contribution >= 0.6 is 12.6 Å². The van der Waals surface area contributed by atoms with E-state index in [-0.39, 0.29) is 5.56 Å². The number of alkyl halides is 3. The molecule has 0 aliphatic heterocycles. The van der Waals surface area contributed by atoms with Gasteiger partial charge in [-0.25, -0.2) is 0 Å². The number of halogens is 3. The molecule has 0 aliphatic carbocycles. The first kappa shape index (κ1) is 13.6. The summed E-state index contributed by atoms with van der Waals surface area (Å²) in [7, 11) is 0. The van der Waals surface area contributed by atoms with Crippen molar-refractivity contribution >= 4 is 25.0 Å². The number of hydrogen-bond donors (Lipinski definition) is 1. The van der Waals surface area contributed by atoms with Crippen LogP contribution in [0.15, 0.2) is 24.3 Å². The zero-order valence-corrected chi connectivity index (χ0v) is 9.46. The molecule has 0 bridgehead atoms. The van der Waals surface area contributed by atoms with Gasteiger partial charge in [-0.1, -0.05) is 12.2 Å². The lowest BCUT2D eigenvalue weighted by Gasteiger charge is -2.09. The molecule has 0 unspecified atom stereocenters. The van der Waals surface area contributed by atoms with Crippen LogP contribution in [-0.2, 0) is 0 Å². The molecule has 1 aromatic carbocycles. The fourth-order valence-corrected chi connectivity index (χ4v) is 1.30. The van der Waals surface area contributed by atoms with Crippen LogP contribution in [0.4, 0.5) is 13.2 Å². The SMILES string of the molecule is O=Cc1cc(C=CCS)cc(OC(F)(F)F)c1.